The first-order valence-corrected chi connectivity index (χ1v) is 6.25. The van der Waals surface area contributed by atoms with E-state index in [1.807, 2.05) is 24.3 Å². The minimum Gasteiger partial charge on any atom is -0.381 e. The summed E-state index contributed by atoms with van der Waals surface area (Å²) in [5.41, 5.74) is 1.48. The molecular weight excluding hydrogens is 305 g/mol. The van der Waals surface area contributed by atoms with Crippen LogP contribution in [-0.4, -0.2) is 0 Å². The maximum absolute atomic E-state index is 13.4. The summed E-state index contributed by atoms with van der Waals surface area (Å²) >= 11 is 9.20. The molecule has 0 aliphatic heterocycles. The molecule has 88 valence electrons. The van der Waals surface area contributed by atoms with Crippen LogP contribution in [0.15, 0.2) is 46.9 Å². The minimum absolute atomic E-state index is 0.253. The van der Waals surface area contributed by atoms with Gasteiger partial charge in [0.25, 0.3) is 0 Å². The molecule has 2 rings (SSSR count). The van der Waals surface area contributed by atoms with Crippen LogP contribution in [0.2, 0.25) is 5.02 Å². The van der Waals surface area contributed by atoms with Gasteiger partial charge in [0.05, 0.1) is 0 Å². The number of nitrogens with one attached hydrogen (secondary N) is 1. The predicted octanol–water partition coefficient (Wildman–Crippen LogP) is 4.85. The predicted molar refractivity (Wildman–Crippen MR) is 72.9 cm³/mol. The van der Waals surface area contributed by atoms with E-state index in [4.69, 9.17) is 11.6 Å². The lowest BCUT2D eigenvalue weighted by molar-refractivity contribution is 0.613. The number of anilines is 1. The van der Waals surface area contributed by atoms with E-state index >= 15 is 0 Å². The Morgan fingerprint density at radius 1 is 1.18 bits per heavy atom. The summed E-state index contributed by atoms with van der Waals surface area (Å²) in [5, 5.41) is 3.68. The van der Waals surface area contributed by atoms with Gasteiger partial charge in [-0.25, -0.2) is 4.39 Å². The fourth-order valence-corrected chi connectivity index (χ4v) is 2.07. The Kier molecular flexibility index (Phi) is 4.02. The largest absolute Gasteiger partial charge is 0.381 e. The van der Waals surface area contributed by atoms with Gasteiger partial charge in [0, 0.05) is 27.3 Å². The van der Waals surface area contributed by atoms with Crippen molar-refractivity contribution in [1.82, 2.24) is 0 Å². The van der Waals surface area contributed by atoms with Crippen LogP contribution in [0.1, 0.15) is 5.56 Å². The van der Waals surface area contributed by atoms with E-state index in [0.717, 1.165) is 10.2 Å². The van der Waals surface area contributed by atoms with Crippen LogP contribution in [-0.2, 0) is 6.54 Å². The molecule has 0 aromatic heterocycles. The lowest BCUT2D eigenvalue weighted by atomic mass is 10.2. The molecule has 2 aromatic rings. The minimum atomic E-state index is -0.253. The Labute approximate surface area is 113 Å². The Hall–Kier alpha value is -1.06. The summed E-state index contributed by atoms with van der Waals surface area (Å²) in [7, 11) is 0. The van der Waals surface area contributed by atoms with Gasteiger partial charge in [-0.2, -0.15) is 0 Å². The summed E-state index contributed by atoms with van der Waals surface area (Å²) in [6.07, 6.45) is 0. The third-order valence-electron chi connectivity index (χ3n) is 2.32. The number of hydrogen-bond acceptors (Lipinski definition) is 1. The molecule has 0 amide bonds. The number of hydrogen-bond donors (Lipinski definition) is 1. The van der Waals surface area contributed by atoms with Gasteiger partial charge >= 0.3 is 0 Å². The monoisotopic (exact) mass is 313 g/mol. The van der Waals surface area contributed by atoms with E-state index in [-0.39, 0.29) is 5.82 Å². The highest BCUT2D eigenvalue weighted by Gasteiger charge is 2.02. The first kappa shape index (κ1) is 12.4. The van der Waals surface area contributed by atoms with Crippen LogP contribution >= 0.6 is 27.5 Å². The lowest BCUT2D eigenvalue weighted by Gasteiger charge is -2.08. The second kappa shape index (κ2) is 5.52. The smallest absolute Gasteiger partial charge is 0.128 e. The van der Waals surface area contributed by atoms with Crippen LogP contribution in [0, 0.1) is 5.82 Å². The SMILES string of the molecule is Fc1ccc(Cl)cc1CNc1cccc(Br)c1. The van der Waals surface area contributed by atoms with Crippen molar-refractivity contribution < 1.29 is 4.39 Å². The van der Waals surface area contributed by atoms with Crippen LogP contribution in [0.3, 0.4) is 0 Å². The van der Waals surface area contributed by atoms with Crippen molar-refractivity contribution in [1.29, 1.82) is 0 Å². The van der Waals surface area contributed by atoms with E-state index in [0.29, 0.717) is 17.1 Å². The summed E-state index contributed by atoms with van der Waals surface area (Å²) < 4.78 is 14.4. The van der Waals surface area contributed by atoms with Gasteiger partial charge in [0.2, 0.25) is 0 Å². The molecule has 1 N–H and O–H groups in total. The number of rotatable bonds is 3. The first-order valence-electron chi connectivity index (χ1n) is 5.08. The fraction of sp³-hybridized carbons (Fsp3) is 0.0769. The molecule has 1 nitrogen and oxygen atoms in total. The van der Waals surface area contributed by atoms with Crippen molar-refractivity contribution >= 4 is 33.2 Å². The van der Waals surface area contributed by atoms with E-state index in [1.54, 1.807) is 12.1 Å². The van der Waals surface area contributed by atoms with Crippen LogP contribution in [0.25, 0.3) is 0 Å². The second-order valence-corrected chi connectivity index (χ2v) is 4.95. The zero-order valence-corrected chi connectivity index (χ0v) is 11.2. The van der Waals surface area contributed by atoms with Crippen molar-refractivity contribution in [3.8, 4) is 0 Å². The Morgan fingerprint density at radius 3 is 2.76 bits per heavy atom. The topological polar surface area (TPSA) is 12.0 Å². The second-order valence-electron chi connectivity index (χ2n) is 3.60. The summed E-state index contributed by atoms with van der Waals surface area (Å²) in [4.78, 5) is 0. The molecule has 0 heterocycles. The van der Waals surface area contributed by atoms with Gasteiger partial charge < -0.3 is 5.32 Å². The van der Waals surface area contributed by atoms with Gasteiger partial charge in [-0.1, -0.05) is 33.6 Å². The molecule has 0 saturated carbocycles. The molecule has 0 saturated heterocycles. The molecule has 4 heteroatoms. The highest BCUT2D eigenvalue weighted by molar-refractivity contribution is 9.10. The molecule has 0 spiro atoms. The van der Waals surface area contributed by atoms with Crippen molar-refractivity contribution in [3.05, 3.63) is 63.3 Å². The highest BCUT2D eigenvalue weighted by Crippen LogP contribution is 2.19. The molecule has 0 atom stereocenters. The van der Waals surface area contributed by atoms with Gasteiger partial charge in [0.15, 0.2) is 0 Å². The quantitative estimate of drug-likeness (QED) is 0.853. The van der Waals surface area contributed by atoms with Gasteiger partial charge in [-0.3, -0.25) is 0 Å². The zero-order chi connectivity index (χ0) is 12.3. The van der Waals surface area contributed by atoms with Crippen LogP contribution in [0.4, 0.5) is 10.1 Å². The zero-order valence-electron chi connectivity index (χ0n) is 8.88. The van der Waals surface area contributed by atoms with Crippen molar-refractivity contribution in [2.24, 2.45) is 0 Å². The first-order chi connectivity index (χ1) is 8.15. The maximum Gasteiger partial charge on any atom is 0.128 e. The maximum atomic E-state index is 13.4. The van der Waals surface area contributed by atoms with Crippen molar-refractivity contribution in [2.45, 2.75) is 6.54 Å². The van der Waals surface area contributed by atoms with Gasteiger partial charge in [0.1, 0.15) is 5.82 Å². The molecule has 0 fully saturated rings. The average molecular weight is 315 g/mol. The normalized spacial score (nSPS) is 10.3. The molecule has 0 aliphatic carbocycles. The fourth-order valence-electron chi connectivity index (χ4n) is 1.47. The van der Waals surface area contributed by atoms with Crippen molar-refractivity contribution in [2.75, 3.05) is 5.32 Å². The molecule has 17 heavy (non-hydrogen) atoms. The third-order valence-corrected chi connectivity index (χ3v) is 3.04. The molecule has 0 radical (unpaired) electrons. The molecule has 2 aromatic carbocycles. The van der Waals surface area contributed by atoms with Crippen LogP contribution < -0.4 is 5.32 Å². The van der Waals surface area contributed by atoms with Gasteiger partial charge in [-0.15, -0.1) is 0 Å². The van der Waals surface area contributed by atoms with E-state index in [9.17, 15) is 4.39 Å². The third kappa shape index (κ3) is 3.45. The highest BCUT2D eigenvalue weighted by atomic mass is 79.9. The molecule has 0 bridgehead atoms. The molecule has 0 aliphatic rings. The van der Waals surface area contributed by atoms with E-state index in [2.05, 4.69) is 21.2 Å². The summed E-state index contributed by atoms with van der Waals surface area (Å²) in [6.45, 7) is 0.406. The number of halogens is 3. The molecule has 0 unspecified atom stereocenters. The van der Waals surface area contributed by atoms with Gasteiger partial charge in [-0.05, 0) is 36.4 Å². The Morgan fingerprint density at radius 2 is 2.00 bits per heavy atom. The van der Waals surface area contributed by atoms with E-state index in [1.165, 1.54) is 6.07 Å². The Balaban J connectivity index is 2.09. The van der Waals surface area contributed by atoms with Crippen molar-refractivity contribution in [3.63, 3.8) is 0 Å². The lowest BCUT2D eigenvalue weighted by Crippen LogP contribution is -2.01. The molecular formula is C13H10BrClFN. The van der Waals surface area contributed by atoms with Crippen LogP contribution in [0.5, 0.6) is 0 Å². The summed E-state index contributed by atoms with van der Waals surface area (Å²) in [6, 6.07) is 12.3. The van der Waals surface area contributed by atoms with E-state index < -0.39 is 0 Å². The number of benzene rings is 2. The summed E-state index contributed by atoms with van der Waals surface area (Å²) in [5.74, 6) is -0.253. The average Bonchev–Trinajstić information content (AvgIpc) is 2.30. The Bertz CT molecular complexity index is 531. The standard InChI is InChI=1S/C13H10BrClFN/c14-10-2-1-3-12(7-10)17-8-9-6-11(15)4-5-13(9)16/h1-7,17H,8H2.